The number of aromatic nitrogens is 2. The van der Waals surface area contributed by atoms with Crippen molar-refractivity contribution >= 4 is 27.2 Å². The molecule has 0 aliphatic rings. The Balaban J connectivity index is 2.12. The molecule has 1 aromatic heterocycles. The number of benzene rings is 1. The smallest absolute Gasteiger partial charge is 0.276 e. The molecule has 0 bridgehead atoms. The van der Waals surface area contributed by atoms with Crippen LogP contribution in [0.15, 0.2) is 41.3 Å². The second-order valence-corrected chi connectivity index (χ2v) is 6.32. The zero-order valence-corrected chi connectivity index (χ0v) is 12.3. The molecule has 0 saturated carbocycles. The van der Waals surface area contributed by atoms with Crippen molar-refractivity contribution in [2.45, 2.75) is 4.90 Å². The standard InChI is InChI=1S/C13H14N4O3S/c1-14-12-8-7-11(16-17-12)13(18)15-9-3-5-10(6-4-9)21(2,19)20/h3-8H,1-2H3,(H,14,17)(H,15,18). The highest BCUT2D eigenvalue weighted by Crippen LogP contribution is 2.14. The molecule has 0 spiro atoms. The summed E-state index contributed by atoms with van der Waals surface area (Å²) in [5.74, 6) is 0.140. The van der Waals surface area contributed by atoms with Gasteiger partial charge in [0, 0.05) is 19.0 Å². The van der Waals surface area contributed by atoms with Gasteiger partial charge in [0.05, 0.1) is 4.90 Å². The molecule has 2 rings (SSSR count). The summed E-state index contributed by atoms with van der Waals surface area (Å²) >= 11 is 0. The summed E-state index contributed by atoms with van der Waals surface area (Å²) in [6.07, 6.45) is 1.12. The van der Waals surface area contributed by atoms with E-state index < -0.39 is 15.7 Å². The van der Waals surface area contributed by atoms with E-state index >= 15 is 0 Å². The van der Waals surface area contributed by atoms with Crippen LogP contribution < -0.4 is 10.6 Å². The van der Waals surface area contributed by atoms with Gasteiger partial charge in [-0.15, -0.1) is 10.2 Å². The van der Waals surface area contributed by atoms with Gasteiger partial charge in [0.1, 0.15) is 5.82 Å². The van der Waals surface area contributed by atoms with E-state index in [1.165, 1.54) is 24.3 Å². The van der Waals surface area contributed by atoms with Crippen LogP contribution in [0.1, 0.15) is 10.5 Å². The van der Waals surface area contributed by atoms with E-state index in [0.717, 1.165) is 6.26 Å². The van der Waals surface area contributed by atoms with Gasteiger partial charge in [-0.05, 0) is 36.4 Å². The molecule has 110 valence electrons. The van der Waals surface area contributed by atoms with Crippen molar-refractivity contribution < 1.29 is 13.2 Å². The second kappa shape index (κ2) is 5.88. The summed E-state index contributed by atoms with van der Waals surface area (Å²) in [5, 5.41) is 13.0. The number of sulfone groups is 1. The number of anilines is 2. The van der Waals surface area contributed by atoms with Crippen LogP contribution in [0, 0.1) is 0 Å². The summed E-state index contributed by atoms with van der Waals surface area (Å²) in [4.78, 5) is 12.1. The summed E-state index contributed by atoms with van der Waals surface area (Å²) in [6.45, 7) is 0. The van der Waals surface area contributed by atoms with E-state index in [9.17, 15) is 13.2 Å². The van der Waals surface area contributed by atoms with Gasteiger partial charge in [-0.1, -0.05) is 0 Å². The first-order valence-electron chi connectivity index (χ1n) is 6.03. The largest absolute Gasteiger partial charge is 0.372 e. The fourth-order valence-corrected chi connectivity index (χ4v) is 2.20. The van der Waals surface area contributed by atoms with Crippen molar-refractivity contribution in [1.82, 2.24) is 10.2 Å². The number of nitrogens with one attached hydrogen (secondary N) is 2. The van der Waals surface area contributed by atoms with E-state index in [4.69, 9.17) is 0 Å². The topological polar surface area (TPSA) is 101 Å². The van der Waals surface area contributed by atoms with Gasteiger partial charge in [0.15, 0.2) is 15.5 Å². The third-order valence-corrected chi connectivity index (χ3v) is 3.82. The van der Waals surface area contributed by atoms with Crippen molar-refractivity contribution in [3.8, 4) is 0 Å². The zero-order chi connectivity index (χ0) is 15.5. The number of hydrogen-bond donors (Lipinski definition) is 2. The highest BCUT2D eigenvalue weighted by Gasteiger charge is 2.10. The quantitative estimate of drug-likeness (QED) is 0.879. The van der Waals surface area contributed by atoms with Crippen LogP contribution in [0.3, 0.4) is 0 Å². The predicted molar refractivity (Wildman–Crippen MR) is 79.1 cm³/mol. The van der Waals surface area contributed by atoms with Crippen molar-refractivity contribution in [2.24, 2.45) is 0 Å². The summed E-state index contributed by atoms with van der Waals surface area (Å²) < 4.78 is 22.7. The molecule has 21 heavy (non-hydrogen) atoms. The van der Waals surface area contributed by atoms with Crippen LogP contribution in [0.25, 0.3) is 0 Å². The first kappa shape index (κ1) is 14.9. The van der Waals surface area contributed by atoms with E-state index in [1.54, 1.807) is 19.2 Å². The van der Waals surface area contributed by atoms with Gasteiger partial charge < -0.3 is 10.6 Å². The molecule has 0 unspecified atom stereocenters. The van der Waals surface area contributed by atoms with Gasteiger partial charge in [-0.25, -0.2) is 8.42 Å². The second-order valence-electron chi connectivity index (χ2n) is 4.30. The highest BCUT2D eigenvalue weighted by atomic mass is 32.2. The average Bonchev–Trinajstić information content (AvgIpc) is 2.47. The maximum absolute atomic E-state index is 11.9. The van der Waals surface area contributed by atoms with E-state index in [2.05, 4.69) is 20.8 Å². The molecule has 0 aliphatic carbocycles. The molecule has 2 aromatic rings. The van der Waals surface area contributed by atoms with Crippen LogP contribution in [0.4, 0.5) is 11.5 Å². The zero-order valence-electron chi connectivity index (χ0n) is 11.5. The molecule has 0 atom stereocenters. The van der Waals surface area contributed by atoms with Gasteiger partial charge in [-0.3, -0.25) is 4.79 Å². The molecule has 0 radical (unpaired) electrons. The third kappa shape index (κ3) is 3.76. The molecule has 0 saturated heterocycles. The lowest BCUT2D eigenvalue weighted by atomic mass is 10.3. The minimum absolute atomic E-state index is 0.168. The summed E-state index contributed by atoms with van der Waals surface area (Å²) in [5.41, 5.74) is 0.646. The van der Waals surface area contributed by atoms with Crippen molar-refractivity contribution in [3.63, 3.8) is 0 Å². The van der Waals surface area contributed by atoms with Crippen LogP contribution in [0.5, 0.6) is 0 Å². The number of hydrogen-bond acceptors (Lipinski definition) is 6. The Kier molecular flexibility index (Phi) is 4.18. The Bertz CT molecular complexity index is 740. The summed E-state index contributed by atoms with van der Waals surface area (Å²) in [7, 11) is -1.55. The maximum atomic E-state index is 11.9. The van der Waals surface area contributed by atoms with Crippen LogP contribution in [-0.4, -0.2) is 37.8 Å². The van der Waals surface area contributed by atoms with E-state index in [-0.39, 0.29) is 10.6 Å². The lowest BCUT2D eigenvalue weighted by molar-refractivity contribution is 0.102. The molecule has 8 heteroatoms. The van der Waals surface area contributed by atoms with Crippen LogP contribution in [0.2, 0.25) is 0 Å². The molecular weight excluding hydrogens is 292 g/mol. The first-order valence-corrected chi connectivity index (χ1v) is 7.92. The van der Waals surface area contributed by atoms with Crippen molar-refractivity contribution in [2.75, 3.05) is 23.9 Å². The number of amides is 1. The van der Waals surface area contributed by atoms with E-state index in [0.29, 0.717) is 11.5 Å². The minimum atomic E-state index is -3.25. The van der Waals surface area contributed by atoms with Gasteiger partial charge >= 0.3 is 0 Å². The Morgan fingerprint density at radius 2 is 1.71 bits per heavy atom. The van der Waals surface area contributed by atoms with E-state index in [1.807, 2.05) is 0 Å². The Labute approximate surface area is 122 Å². The average molecular weight is 306 g/mol. The van der Waals surface area contributed by atoms with Gasteiger partial charge in [0.25, 0.3) is 5.91 Å². The number of nitrogens with zero attached hydrogens (tertiary/aromatic N) is 2. The fourth-order valence-electron chi connectivity index (χ4n) is 1.57. The molecule has 7 nitrogen and oxygen atoms in total. The number of carbonyl (C=O) groups excluding carboxylic acids is 1. The Morgan fingerprint density at radius 3 is 2.19 bits per heavy atom. The summed E-state index contributed by atoms with van der Waals surface area (Å²) in [6, 6.07) is 9.07. The molecule has 1 aromatic carbocycles. The lowest BCUT2D eigenvalue weighted by Crippen LogP contribution is -2.14. The van der Waals surface area contributed by atoms with Crippen molar-refractivity contribution in [1.29, 1.82) is 0 Å². The minimum Gasteiger partial charge on any atom is -0.372 e. The Hall–Kier alpha value is -2.48. The molecule has 1 heterocycles. The molecule has 2 N–H and O–H groups in total. The first-order chi connectivity index (χ1) is 9.90. The predicted octanol–water partition coefficient (Wildman–Crippen LogP) is 1.17. The Morgan fingerprint density at radius 1 is 1.05 bits per heavy atom. The van der Waals surface area contributed by atoms with Crippen LogP contribution in [-0.2, 0) is 9.84 Å². The van der Waals surface area contributed by atoms with Crippen LogP contribution >= 0.6 is 0 Å². The fraction of sp³-hybridized carbons (Fsp3) is 0.154. The number of carbonyl (C=O) groups is 1. The van der Waals surface area contributed by atoms with Crippen molar-refractivity contribution in [3.05, 3.63) is 42.1 Å². The maximum Gasteiger partial charge on any atom is 0.276 e. The monoisotopic (exact) mass is 306 g/mol. The molecular formula is C13H14N4O3S. The molecule has 1 amide bonds. The molecule has 0 aliphatic heterocycles. The lowest BCUT2D eigenvalue weighted by Gasteiger charge is -2.05. The highest BCUT2D eigenvalue weighted by molar-refractivity contribution is 7.90. The number of rotatable bonds is 4. The van der Waals surface area contributed by atoms with Gasteiger partial charge in [0.2, 0.25) is 0 Å². The SMILES string of the molecule is CNc1ccc(C(=O)Nc2ccc(S(C)(=O)=O)cc2)nn1. The van der Waals surface area contributed by atoms with Gasteiger partial charge in [-0.2, -0.15) is 0 Å². The normalized spacial score (nSPS) is 11.0. The molecule has 0 fully saturated rings. The third-order valence-electron chi connectivity index (χ3n) is 2.69.